The SMILES string of the molecule is Cc1nn(C)c(Cl)c1C(O)c1ccccc1C1CCC1. The molecule has 1 aromatic carbocycles. The Morgan fingerprint density at radius 3 is 2.60 bits per heavy atom. The Bertz CT molecular complexity index is 631. The van der Waals surface area contributed by atoms with Crippen LogP contribution >= 0.6 is 11.6 Å². The molecule has 0 bridgehead atoms. The fourth-order valence-corrected chi connectivity index (χ4v) is 3.24. The quantitative estimate of drug-likeness (QED) is 0.935. The number of nitrogens with zero attached hydrogens (tertiary/aromatic N) is 2. The lowest BCUT2D eigenvalue weighted by Gasteiger charge is -2.29. The molecular weight excluding hydrogens is 272 g/mol. The predicted molar refractivity (Wildman–Crippen MR) is 80.1 cm³/mol. The van der Waals surface area contributed by atoms with Gasteiger partial charge in [0, 0.05) is 12.6 Å². The van der Waals surface area contributed by atoms with E-state index in [1.54, 1.807) is 11.7 Å². The van der Waals surface area contributed by atoms with Crippen LogP contribution in [0.25, 0.3) is 0 Å². The van der Waals surface area contributed by atoms with Gasteiger partial charge in [-0.3, -0.25) is 4.68 Å². The van der Waals surface area contributed by atoms with Gasteiger partial charge >= 0.3 is 0 Å². The monoisotopic (exact) mass is 290 g/mol. The van der Waals surface area contributed by atoms with Gasteiger partial charge in [-0.05, 0) is 36.8 Å². The molecule has 1 aliphatic rings. The third-order valence-electron chi connectivity index (χ3n) is 4.31. The van der Waals surface area contributed by atoms with Gasteiger partial charge in [-0.2, -0.15) is 5.10 Å². The van der Waals surface area contributed by atoms with E-state index >= 15 is 0 Å². The van der Waals surface area contributed by atoms with Gasteiger partial charge in [0.2, 0.25) is 0 Å². The molecule has 1 saturated carbocycles. The second-order valence-corrected chi connectivity index (χ2v) is 5.93. The summed E-state index contributed by atoms with van der Waals surface area (Å²) >= 11 is 6.28. The number of halogens is 1. The van der Waals surface area contributed by atoms with E-state index in [1.165, 1.54) is 24.8 Å². The van der Waals surface area contributed by atoms with E-state index < -0.39 is 6.10 Å². The molecule has 1 aliphatic carbocycles. The molecule has 3 rings (SSSR count). The minimum atomic E-state index is -0.701. The van der Waals surface area contributed by atoms with Crippen LogP contribution in [0, 0.1) is 6.92 Å². The number of aromatic nitrogens is 2. The Labute approximate surface area is 124 Å². The predicted octanol–water partition coefficient (Wildman–Crippen LogP) is 3.73. The Balaban J connectivity index is 2.04. The number of hydrogen-bond acceptors (Lipinski definition) is 2. The first kappa shape index (κ1) is 13.7. The molecule has 3 nitrogen and oxygen atoms in total. The van der Waals surface area contributed by atoms with E-state index in [9.17, 15) is 5.11 Å². The zero-order valence-corrected chi connectivity index (χ0v) is 12.6. The molecule has 106 valence electrons. The van der Waals surface area contributed by atoms with E-state index in [2.05, 4.69) is 11.2 Å². The van der Waals surface area contributed by atoms with E-state index in [-0.39, 0.29) is 0 Å². The number of aliphatic hydroxyl groups is 1. The molecule has 0 radical (unpaired) electrons. The molecule has 0 amide bonds. The Morgan fingerprint density at radius 2 is 2.05 bits per heavy atom. The first-order chi connectivity index (χ1) is 9.59. The minimum absolute atomic E-state index is 0.512. The van der Waals surface area contributed by atoms with E-state index in [1.807, 2.05) is 25.1 Å². The van der Waals surface area contributed by atoms with Crippen molar-refractivity contribution in [2.75, 3.05) is 0 Å². The van der Waals surface area contributed by atoms with Crippen molar-refractivity contribution in [3.05, 3.63) is 51.8 Å². The van der Waals surface area contributed by atoms with Gasteiger partial charge in [0.1, 0.15) is 11.3 Å². The van der Waals surface area contributed by atoms with Gasteiger partial charge in [0.25, 0.3) is 0 Å². The van der Waals surface area contributed by atoms with Crippen molar-refractivity contribution in [3.8, 4) is 0 Å². The van der Waals surface area contributed by atoms with Crippen molar-refractivity contribution < 1.29 is 5.11 Å². The second kappa shape index (κ2) is 5.23. The third kappa shape index (κ3) is 2.15. The maximum atomic E-state index is 10.8. The Morgan fingerprint density at radius 1 is 1.35 bits per heavy atom. The smallest absolute Gasteiger partial charge is 0.133 e. The van der Waals surface area contributed by atoms with Gasteiger partial charge in [0.05, 0.1) is 5.69 Å². The highest BCUT2D eigenvalue weighted by Gasteiger charge is 2.27. The molecule has 0 aliphatic heterocycles. The van der Waals surface area contributed by atoms with Gasteiger partial charge in [-0.25, -0.2) is 0 Å². The highest BCUT2D eigenvalue weighted by atomic mass is 35.5. The molecule has 0 spiro atoms. The zero-order valence-electron chi connectivity index (χ0n) is 11.8. The van der Waals surface area contributed by atoms with Gasteiger partial charge < -0.3 is 5.11 Å². The van der Waals surface area contributed by atoms with Gasteiger partial charge in [-0.15, -0.1) is 0 Å². The molecule has 1 N–H and O–H groups in total. The standard InChI is InChI=1S/C16H19ClN2O/c1-10-14(16(17)19(2)18-10)15(20)13-9-4-3-8-12(13)11-6-5-7-11/h3-4,8-9,11,15,20H,5-7H2,1-2H3. The fourth-order valence-electron chi connectivity index (χ4n) is 2.96. The lowest BCUT2D eigenvalue weighted by atomic mass is 9.77. The van der Waals surface area contributed by atoms with Crippen LogP contribution in [-0.2, 0) is 7.05 Å². The summed E-state index contributed by atoms with van der Waals surface area (Å²) in [5.41, 5.74) is 3.73. The summed E-state index contributed by atoms with van der Waals surface area (Å²) in [4.78, 5) is 0. The summed E-state index contributed by atoms with van der Waals surface area (Å²) in [6.07, 6.45) is 3.00. The van der Waals surface area contributed by atoms with Crippen molar-refractivity contribution in [1.82, 2.24) is 9.78 Å². The number of aryl methyl sites for hydroxylation is 2. The maximum Gasteiger partial charge on any atom is 0.133 e. The molecule has 1 aromatic heterocycles. The van der Waals surface area contributed by atoms with Crippen LogP contribution in [0.3, 0.4) is 0 Å². The summed E-state index contributed by atoms with van der Waals surface area (Å²) in [7, 11) is 1.80. The number of rotatable bonds is 3. The summed E-state index contributed by atoms with van der Waals surface area (Å²) in [5.74, 6) is 0.580. The highest BCUT2D eigenvalue weighted by Crippen LogP contribution is 2.41. The fraction of sp³-hybridized carbons (Fsp3) is 0.438. The first-order valence-corrected chi connectivity index (χ1v) is 7.43. The number of benzene rings is 1. The number of hydrogen-bond donors (Lipinski definition) is 1. The van der Waals surface area contributed by atoms with E-state index in [0.717, 1.165) is 16.8 Å². The third-order valence-corrected chi connectivity index (χ3v) is 4.75. The molecular formula is C16H19ClN2O. The van der Waals surface area contributed by atoms with Crippen LogP contribution in [0.2, 0.25) is 5.15 Å². The lowest BCUT2D eigenvalue weighted by molar-refractivity contribution is 0.216. The second-order valence-electron chi connectivity index (χ2n) is 5.57. The van der Waals surface area contributed by atoms with Crippen LogP contribution < -0.4 is 0 Å². The molecule has 20 heavy (non-hydrogen) atoms. The Kier molecular flexibility index (Phi) is 3.57. The van der Waals surface area contributed by atoms with Crippen molar-refractivity contribution in [1.29, 1.82) is 0 Å². The van der Waals surface area contributed by atoms with Crippen LogP contribution in [0.5, 0.6) is 0 Å². The van der Waals surface area contributed by atoms with Crippen molar-refractivity contribution in [2.24, 2.45) is 7.05 Å². The molecule has 1 atom stereocenters. The van der Waals surface area contributed by atoms with E-state index in [4.69, 9.17) is 11.6 Å². The first-order valence-electron chi connectivity index (χ1n) is 7.05. The summed E-state index contributed by atoms with van der Waals surface area (Å²) < 4.78 is 1.61. The van der Waals surface area contributed by atoms with Gasteiger partial charge in [-0.1, -0.05) is 42.3 Å². The normalized spacial score (nSPS) is 17.0. The lowest BCUT2D eigenvalue weighted by Crippen LogP contribution is -2.14. The summed E-state index contributed by atoms with van der Waals surface area (Å²) in [6, 6.07) is 8.14. The molecule has 1 heterocycles. The highest BCUT2D eigenvalue weighted by molar-refractivity contribution is 6.30. The number of aliphatic hydroxyl groups excluding tert-OH is 1. The van der Waals surface area contributed by atoms with E-state index in [0.29, 0.717) is 11.1 Å². The van der Waals surface area contributed by atoms with Crippen LogP contribution in [0.1, 0.15) is 53.7 Å². The molecule has 1 fully saturated rings. The zero-order chi connectivity index (χ0) is 14.3. The summed E-state index contributed by atoms with van der Waals surface area (Å²) in [6.45, 7) is 1.89. The Hall–Kier alpha value is -1.32. The van der Waals surface area contributed by atoms with Crippen LogP contribution in [0.15, 0.2) is 24.3 Å². The molecule has 0 saturated heterocycles. The van der Waals surface area contributed by atoms with Crippen molar-refractivity contribution >= 4 is 11.6 Å². The van der Waals surface area contributed by atoms with Crippen molar-refractivity contribution in [2.45, 2.75) is 38.2 Å². The van der Waals surface area contributed by atoms with Gasteiger partial charge in [0.15, 0.2) is 0 Å². The summed E-state index contributed by atoms with van der Waals surface area (Å²) in [5, 5.41) is 15.6. The largest absolute Gasteiger partial charge is 0.383 e. The molecule has 2 aromatic rings. The maximum absolute atomic E-state index is 10.8. The topological polar surface area (TPSA) is 38.0 Å². The van der Waals surface area contributed by atoms with Crippen LogP contribution in [0.4, 0.5) is 0 Å². The molecule has 4 heteroatoms. The molecule has 1 unspecified atom stereocenters. The average Bonchev–Trinajstić information content (AvgIpc) is 2.61. The van der Waals surface area contributed by atoms with Crippen molar-refractivity contribution in [3.63, 3.8) is 0 Å². The minimum Gasteiger partial charge on any atom is -0.383 e. The van der Waals surface area contributed by atoms with Crippen LogP contribution in [-0.4, -0.2) is 14.9 Å². The average molecular weight is 291 g/mol.